The van der Waals surface area contributed by atoms with E-state index in [1.165, 1.54) is 6.07 Å². The van der Waals surface area contributed by atoms with Gasteiger partial charge in [-0.3, -0.25) is 4.90 Å². The summed E-state index contributed by atoms with van der Waals surface area (Å²) in [5.74, 6) is 1.47. The first-order chi connectivity index (χ1) is 15.7. The van der Waals surface area contributed by atoms with Gasteiger partial charge in [0.25, 0.3) is 0 Å². The molecular formula is C25H17NO6. The van der Waals surface area contributed by atoms with Gasteiger partial charge in [-0.25, -0.2) is 9.59 Å². The first kappa shape index (κ1) is 18.7. The second-order valence-corrected chi connectivity index (χ2v) is 7.72. The Hall–Kier alpha value is -4.10. The van der Waals surface area contributed by atoms with Gasteiger partial charge in [0.05, 0.1) is 23.9 Å². The highest BCUT2D eigenvalue weighted by atomic mass is 16.5. The molecule has 7 heteroatoms. The minimum absolute atomic E-state index is 0.311. The van der Waals surface area contributed by atoms with Gasteiger partial charge in [-0.15, -0.1) is 0 Å². The Morgan fingerprint density at radius 3 is 2.69 bits per heavy atom. The van der Waals surface area contributed by atoms with Gasteiger partial charge in [0, 0.05) is 28.9 Å². The van der Waals surface area contributed by atoms with E-state index in [9.17, 15) is 9.59 Å². The van der Waals surface area contributed by atoms with Gasteiger partial charge >= 0.3 is 11.3 Å². The van der Waals surface area contributed by atoms with Crippen LogP contribution in [0.4, 0.5) is 0 Å². The predicted molar refractivity (Wildman–Crippen MR) is 117 cm³/mol. The lowest BCUT2D eigenvalue weighted by molar-refractivity contribution is 0.0826. The Bertz CT molecular complexity index is 1580. The van der Waals surface area contributed by atoms with Crippen LogP contribution < -0.4 is 16.0 Å². The van der Waals surface area contributed by atoms with Crippen molar-refractivity contribution in [3.05, 3.63) is 99.1 Å². The van der Waals surface area contributed by atoms with Crippen molar-refractivity contribution in [2.24, 2.45) is 0 Å². The molecule has 0 spiro atoms. The maximum absolute atomic E-state index is 12.8. The number of para-hydroxylation sites is 1. The van der Waals surface area contributed by atoms with Crippen LogP contribution in [0.3, 0.4) is 0 Å². The van der Waals surface area contributed by atoms with Crippen molar-refractivity contribution in [2.75, 3.05) is 6.73 Å². The van der Waals surface area contributed by atoms with Crippen molar-refractivity contribution in [1.82, 2.24) is 4.90 Å². The Morgan fingerprint density at radius 1 is 0.906 bits per heavy atom. The lowest BCUT2D eigenvalue weighted by atomic mass is 9.99. The summed E-state index contributed by atoms with van der Waals surface area (Å²) in [5.41, 5.74) is 1.38. The summed E-state index contributed by atoms with van der Waals surface area (Å²) in [7, 11) is 0. The van der Waals surface area contributed by atoms with Crippen molar-refractivity contribution in [3.63, 3.8) is 0 Å². The smallest absolute Gasteiger partial charge is 0.344 e. The van der Waals surface area contributed by atoms with Gasteiger partial charge in [-0.05, 0) is 36.4 Å². The van der Waals surface area contributed by atoms with Crippen molar-refractivity contribution < 1.29 is 18.0 Å². The van der Waals surface area contributed by atoms with E-state index >= 15 is 0 Å². The summed E-state index contributed by atoms with van der Waals surface area (Å²) in [6.45, 7) is 1.45. The van der Waals surface area contributed by atoms with Gasteiger partial charge in [-0.2, -0.15) is 0 Å². The van der Waals surface area contributed by atoms with E-state index in [0.29, 0.717) is 53.2 Å². The van der Waals surface area contributed by atoms with Crippen molar-refractivity contribution >= 4 is 21.9 Å². The molecule has 6 rings (SSSR count). The monoisotopic (exact) mass is 427 g/mol. The van der Waals surface area contributed by atoms with E-state index in [1.807, 2.05) is 41.3 Å². The molecule has 1 aliphatic heterocycles. The van der Waals surface area contributed by atoms with Crippen LogP contribution in [0.1, 0.15) is 11.3 Å². The van der Waals surface area contributed by atoms with Crippen molar-refractivity contribution in [2.45, 2.75) is 13.1 Å². The zero-order valence-electron chi connectivity index (χ0n) is 16.9. The maximum Gasteiger partial charge on any atom is 0.344 e. The summed E-state index contributed by atoms with van der Waals surface area (Å²) in [6, 6.07) is 17.7. The number of benzene rings is 2. The molecule has 0 fully saturated rings. The van der Waals surface area contributed by atoms with Gasteiger partial charge in [0.1, 0.15) is 29.4 Å². The third kappa shape index (κ3) is 3.11. The van der Waals surface area contributed by atoms with E-state index in [2.05, 4.69) is 0 Å². The highest BCUT2D eigenvalue weighted by Gasteiger charge is 2.24. The van der Waals surface area contributed by atoms with Crippen LogP contribution in [0, 0.1) is 0 Å². The van der Waals surface area contributed by atoms with Crippen LogP contribution in [-0.2, 0) is 13.1 Å². The Balaban J connectivity index is 1.51. The fourth-order valence-corrected chi connectivity index (χ4v) is 4.18. The highest BCUT2D eigenvalue weighted by Crippen LogP contribution is 2.36. The molecule has 0 saturated heterocycles. The molecular weight excluding hydrogens is 410 g/mol. The minimum atomic E-state index is -0.545. The molecule has 5 aromatic rings. The standard InChI is InChI=1S/C25H17NO6/c27-23-11-18(19-10-15-4-1-2-6-21(15)31-25(19)28)17-7-8-22-20(24(17)32-23)13-26(14-30-22)12-16-5-3-9-29-16/h1-11H,12-14H2. The van der Waals surface area contributed by atoms with Crippen LogP contribution in [0.15, 0.2) is 89.8 Å². The highest BCUT2D eigenvalue weighted by molar-refractivity contribution is 5.97. The second kappa shape index (κ2) is 7.25. The van der Waals surface area contributed by atoms with Crippen LogP contribution in [0.2, 0.25) is 0 Å². The zero-order valence-corrected chi connectivity index (χ0v) is 16.9. The Morgan fingerprint density at radius 2 is 1.81 bits per heavy atom. The minimum Gasteiger partial charge on any atom is -0.478 e. The summed E-state index contributed by atoms with van der Waals surface area (Å²) < 4.78 is 22.4. The number of hydrogen-bond donors (Lipinski definition) is 0. The van der Waals surface area contributed by atoms with E-state index in [1.54, 1.807) is 24.5 Å². The fourth-order valence-electron chi connectivity index (χ4n) is 4.18. The lowest BCUT2D eigenvalue weighted by Gasteiger charge is -2.28. The molecule has 2 aromatic carbocycles. The quantitative estimate of drug-likeness (QED) is 0.392. The topological polar surface area (TPSA) is 86.0 Å². The normalized spacial score (nSPS) is 13.9. The Kier molecular flexibility index (Phi) is 4.22. The van der Waals surface area contributed by atoms with E-state index in [-0.39, 0.29) is 0 Å². The average molecular weight is 427 g/mol. The molecule has 1 aliphatic rings. The second-order valence-electron chi connectivity index (χ2n) is 7.72. The average Bonchev–Trinajstić information content (AvgIpc) is 3.31. The van der Waals surface area contributed by atoms with E-state index in [4.69, 9.17) is 18.0 Å². The lowest BCUT2D eigenvalue weighted by Crippen LogP contribution is -2.31. The molecule has 0 amide bonds. The van der Waals surface area contributed by atoms with Crippen LogP contribution in [0.5, 0.6) is 5.75 Å². The van der Waals surface area contributed by atoms with Gasteiger partial charge in [0.15, 0.2) is 0 Å². The molecule has 32 heavy (non-hydrogen) atoms. The number of nitrogens with zero attached hydrogens (tertiary/aromatic N) is 1. The summed E-state index contributed by atoms with van der Waals surface area (Å²) >= 11 is 0. The molecule has 0 radical (unpaired) electrons. The summed E-state index contributed by atoms with van der Waals surface area (Å²) in [5, 5.41) is 1.42. The zero-order chi connectivity index (χ0) is 21.7. The van der Waals surface area contributed by atoms with E-state index in [0.717, 1.165) is 16.7 Å². The van der Waals surface area contributed by atoms with E-state index < -0.39 is 11.3 Å². The van der Waals surface area contributed by atoms with Gasteiger partial charge < -0.3 is 18.0 Å². The SMILES string of the molecule is O=c1cc(-c2cc3ccccc3oc2=O)c2ccc3c(c2o1)CN(Cc1ccco1)CO3. The molecule has 7 nitrogen and oxygen atoms in total. The molecule has 0 bridgehead atoms. The van der Waals surface area contributed by atoms with Gasteiger partial charge in [0.2, 0.25) is 0 Å². The third-order valence-electron chi connectivity index (χ3n) is 5.65. The molecule has 0 unspecified atom stereocenters. The van der Waals surface area contributed by atoms with Crippen molar-refractivity contribution in [3.8, 4) is 16.9 Å². The predicted octanol–water partition coefficient (Wildman–Crippen LogP) is 4.51. The summed E-state index contributed by atoms with van der Waals surface area (Å²) in [6.07, 6.45) is 1.63. The summed E-state index contributed by atoms with van der Waals surface area (Å²) in [4.78, 5) is 27.3. The molecule has 0 saturated carbocycles. The first-order valence-corrected chi connectivity index (χ1v) is 10.2. The van der Waals surface area contributed by atoms with Gasteiger partial charge in [-0.1, -0.05) is 18.2 Å². The molecule has 4 heterocycles. The largest absolute Gasteiger partial charge is 0.478 e. The van der Waals surface area contributed by atoms with Crippen LogP contribution >= 0.6 is 0 Å². The van der Waals surface area contributed by atoms with Crippen LogP contribution in [-0.4, -0.2) is 11.6 Å². The van der Waals surface area contributed by atoms with Crippen molar-refractivity contribution in [1.29, 1.82) is 0 Å². The number of rotatable bonds is 3. The molecule has 0 aliphatic carbocycles. The third-order valence-corrected chi connectivity index (χ3v) is 5.65. The molecule has 0 atom stereocenters. The molecule has 0 N–H and O–H groups in total. The molecule has 158 valence electrons. The number of fused-ring (bicyclic) bond motifs is 4. The number of ether oxygens (including phenoxy) is 1. The maximum atomic E-state index is 12.8. The Labute approximate surface area is 181 Å². The number of furan rings is 1. The number of hydrogen-bond acceptors (Lipinski definition) is 7. The first-order valence-electron chi connectivity index (χ1n) is 10.2. The molecule has 3 aromatic heterocycles. The fraction of sp³-hybridized carbons (Fsp3) is 0.120. The van der Waals surface area contributed by atoms with Crippen LogP contribution in [0.25, 0.3) is 33.1 Å².